The number of amides is 2. The van der Waals surface area contributed by atoms with Gasteiger partial charge in [-0.25, -0.2) is 0 Å². The Morgan fingerprint density at radius 2 is 1.88 bits per heavy atom. The second kappa shape index (κ2) is 11.5. The maximum atomic E-state index is 12.6. The molecule has 1 heterocycles. The van der Waals surface area contributed by atoms with Crippen molar-refractivity contribution in [2.75, 3.05) is 24.8 Å². The first-order valence-electron chi connectivity index (χ1n) is 10.4. The van der Waals surface area contributed by atoms with E-state index in [0.29, 0.717) is 22.3 Å². The highest BCUT2D eigenvalue weighted by atomic mass is 32.2. The second-order valence-electron chi connectivity index (χ2n) is 7.18. The standard InChI is InChI=1S/C23H27N5O4S/c1-4-15-7-5-6-8-18(15)24-20(30)14-33-23-27-26-21(28(23)2)19(13-29)25-22(31)16-9-11-17(32-3)12-10-16/h5-12,19,29H,4,13-14H2,1-3H3,(H,24,30)(H,25,31). The Balaban J connectivity index is 1.62. The van der Waals surface area contributed by atoms with Gasteiger partial charge in [-0.2, -0.15) is 0 Å². The average molecular weight is 470 g/mol. The fourth-order valence-corrected chi connectivity index (χ4v) is 3.92. The van der Waals surface area contributed by atoms with Crippen LogP contribution in [0.2, 0.25) is 0 Å². The van der Waals surface area contributed by atoms with Crippen molar-refractivity contribution in [2.24, 2.45) is 7.05 Å². The van der Waals surface area contributed by atoms with Gasteiger partial charge in [0.25, 0.3) is 5.91 Å². The van der Waals surface area contributed by atoms with Crippen LogP contribution >= 0.6 is 11.8 Å². The minimum absolute atomic E-state index is 0.145. The van der Waals surface area contributed by atoms with Crippen molar-refractivity contribution < 1.29 is 19.4 Å². The molecule has 0 saturated carbocycles. The molecule has 1 unspecified atom stereocenters. The molecule has 1 atom stereocenters. The van der Waals surface area contributed by atoms with Gasteiger partial charge in [-0.3, -0.25) is 9.59 Å². The van der Waals surface area contributed by atoms with Crippen molar-refractivity contribution in [2.45, 2.75) is 24.5 Å². The smallest absolute Gasteiger partial charge is 0.251 e. The highest BCUT2D eigenvalue weighted by Gasteiger charge is 2.22. The van der Waals surface area contributed by atoms with Crippen LogP contribution in [-0.2, 0) is 18.3 Å². The molecule has 3 rings (SSSR count). The van der Waals surface area contributed by atoms with Gasteiger partial charge in [-0.15, -0.1) is 10.2 Å². The van der Waals surface area contributed by atoms with E-state index >= 15 is 0 Å². The maximum Gasteiger partial charge on any atom is 0.251 e. The SMILES string of the molecule is CCc1ccccc1NC(=O)CSc1nnc(C(CO)NC(=O)c2ccc(OC)cc2)n1C. The van der Waals surface area contributed by atoms with E-state index in [1.54, 1.807) is 43.0 Å². The molecule has 2 amide bonds. The molecule has 0 bridgehead atoms. The van der Waals surface area contributed by atoms with E-state index in [4.69, 9.17) is 4.74 Å². The number of carbonyl (C=O) groups excluding carboxylic acids is 2. The first-order chi connectivity index (χ1) is 16.0. The first-order valence-corrected chi connectivity index (χ1v) is 11.4. The number of nitrogens with one attached hydrogen (secondary N) is 2. The third-order valence-corrected chi connectivity index (χ3v) is 6.05. The van der Waals surface area contributed by atoms with Gasteiger partial charge in [0.1, 0.15) is 11.8 Å². The number of anilines is 1. The number of methoxy groups -OCH3 is 1. The molecule has 0 spiro atoms. The zero-order chi connectivity index (χ0) is 23.8. The van der Waals surface area contributed by atoms with Crippen LogP contribution in [0.5, 0.6) is 5.75 Å². The van der Waals surface area contributed by atoms with E-state index in [1.807, 2.05) is 31.2 Å². The maximum absolute atomic E-state index is 12.6. The monoisotopic (exact) mass is 469 g/mol. The fraction of sp³-hybridized carbons (Fsp3) is 0.304. The predicted molar refractivity (Wildman–Crippen MR) is 126 cm³/mol. The van der Waals surface area contributed by atoms with Gasteiger partial charge < -0.3 is 25.0 Å². The number of thioether (sulfide) groups is 1. The Labute approximate surface area is 196 Å². The number of carbonyl (C=O) groups is 2. The van der Waals surface area contributed by atoms with Gasteiger partial charge in [0, 0.05) is 18.3 Å². The molecule has 2 aromatic carbocycles. The summed E-state index contributed by atoms with van der Waals surface area (Å²) in [4.78, 5) is 25.0. The number of benzene rings is 2. The third kappa shape index (κ3) is 6.11. The number of aliphatic hydroxyl groups is 1. The Hall–Kier alpha value is -3.37. The van der Waals surface area contributed by atoms with Crippen LogP contribution in [0.3, 0.4) is 0 Å². The van der Waals surface area contributed by atoms with Crippen LogP contribution in [0.15, 0.2) is 53.7 Å². The van der Waals surface area contributed by atoms with Gasteiger partial charge in [0.2, 0.25) is 5.91 Å². The van der Waals surface area contributed by atoms with Gasteiger partial charge >= 0.3 is 0 Å². The summed E-state index contributed by atoms with van der Waals surface area (Å²) in [6.07, 6.45) is 0.820. The third-order valence-electron chi connectivity index (χ3n) is 5.03. The molecule has 0 aliphatic heterocycles. The summed E-state index contributed by atoms with van der Waals surface area (Å²) in [5, 5.41) is 24.3. The van der Waals surface area contributed by atoms with Crippen molar-refractivity contribution >= 4 is 29.3 Å². The van der Waals surface area contributed by atoms with E-state index in [-0.39, 0.29) is 24.2 Å². The number of aliphatic hydroxyl groups excluding tert-OH is 1. The van der Waals surface area contributed by atoms with E-state index in [1.165, 1.54) is 11.8 Å². The summed E-state index contributed by atoms with van der Waals surface area (Å²) in [7, 11) is 3.28. The Morgan fingerprint density at radius 3 is 2.55 bits per heavy atom. The molecule has 0 radical (unpaired) electrons. The quantitative estimate of drug-likeness (QED) is 0.391. The van der Waals surface area contributed by atoms with Crippen molar-refractivity contribution in [1.82, 2.24) is 20.1 Å². The largest absolute Gasteiger partial charge is 0.497 e. The molecular weight excluding hydrogens is 442 g/mol. The normalized spacial score (nSPS) is 11.6. The van der Waals surface area contributed by atoms with Crippen molar-refractivity contribution in [3.05, 3.63) is 65.5 Å². The average Bonchev–Trinajstić information content (AvgIpc) is 3.21. The van der Waals surface area contributed by atoms with Gasteiger partial charge in [-0.05, 0) is 42.3 Å². The summed E-state index contributed by atoms with van der Waals surface area (Å²) >= 11 is 1.23. The fourth-order valence-electron chi connectivity index (χ4n) is 3.20. The lowest BCUT2D eigenvalue weighted by atomic mass is 10.1. The molecule has 3 aromatic rings. The van der Waals surface area contributed by atoms with Crippen molar-refractivity contribution in [3.63, 3.8) is 0 Å². The number of para-hydroxylation sites is 1. The number of aryl methyl sites for hydroxylation is 1. The molecular formula is C23H27N5O4S. The number of nitrogens with zero attached hydrogens (tertiary/aromatic N) is 3. The summed E-state index contributed by atoms with van der Waals surface area (Å²) < 4.78 is 6.76. The number of hydrogen-bond donors (Lipinski definition) is 3. The summed E-state index contributed by atoms with van der Waals surface area (Å²) in [5.74, 6) is 0.660. The molecule has 1 aromatic heterocycles. The lowest BCUT2D eigenvalue weighted by Crippen LogP contribution is -2.32. The molecule has 10 heteroatoms. The minimum Gasteiger partial charge on any atom is -0.497 e. The first kappa shape index (κ1) is 24.3. The number of hydrogen-bond acceptors (Lipinski definition) is 7. The molecule has 33 heavy (non-hydrogen) atoms. The topological polar surface area (TPSA) is 118 Å². The van der Waals surface area contributed by atoms with E-state index < -0.39 is 6.04 Å². The zero-order valence-corrected chi connectivity index (χ0v) is 19.6. The van der Waals surface area contributed by atoms with Crippen LogP contribution in [0, 0.1) is 0 Å². The number of rotatable bonds is 10. The lowest BCUT2D eigenvalue weighted by molar-refractivity contribution is -0.113. The summed E-state index contributed by atoms with van der Waals surface area (Å²) in [6.45, 7) is 1.68. The molecule has 0 saturated heterocycles. The van der Waals surface area contributed by atoms with Crippen molar-refractivity contribution in [3.8, 4) is 5.75 Å². The Morgan fingerprint density at radius 1 is 1.15 bits per heavy atom. The molecule has 0 aliphatic rings. The molecule has 3 N–H and O–H groups in total. The van der Waals surface area contributed by atoms with Crippen LogP contribution in [0.4, 0.5) is 5.69 Å². The van der Waals surface area contributed by atoms with Crippen LogP contribution in [-0.4, -0.2) is 51.2 Å². The van der Waals surface area contributed by atoms with Crippen LogP contribution in [0.1, 0.15) is 34.7 Å². The van der Waals surface area contributed by atoms with Gasteiger partial charge in [0.05, 0.1) is 19.5 Å². The predicted octanol–water partition coefficient (Wildman–Crippen LogP) is 2.58. The molecule has 174 valence electrons. The van der Waals surface area contributed by atoms with Gasteiger partial charge in [0.15, 0.2) is 11.0 Å². The summed E-state index contributed by atoms with van der Waals surface area (Å²) in [5.41, 5.74) is 2.29. The summed E-state index contributed by atoms with van der Waals surface area (Å²) in [6, 6.07) is 13.6. The lowest BCUT2D eigenvalue weighted by Gasteiger charge is -2.16. The van der Waals surface area contributed by atoms with Crippen LogP contribution in [0.25, 0.3) is 0 Å². The molecule has 0 aliphatic carbocycles. The number of ether oxygens (including phenoxy) is 1. The highest BCUT2D eigenvalue weighted by molar-refractivity contribution is 7.99. The molecule has 0 fully saturated rings. The van der Waals surface area contributed by atoms with Crippen LogP contribution < -0.4 is 15.4 Å². The van der Waals surface area contributed by atoms with E-state index in [9.17, 15) is 14.7 Å². The Bertz CT molecular complexity index is 1100. The zero-order valence-electron chi connectivity index (χ0n) is 18.7. The minimum atomic E-state index is -0.753. The van der Waals surface area contributed by atoms with E-state index in [2.05, 4.69) is 20.8 Å². The van der Waals surface area contributed by atoms with Crippen molar-refractivity contribution in [1.29, 1.82) is 0 Å². The number of aromatic nitrogens is 3. The highest BCUT2D eigenvalue weighted by Crippen LogP contribution is 2.21. The van der Waals surface area contributed by atoms with E-state index in [0.717, 1.165) is 17.7 Å². The Kier molecular flexibility index (Phi) is 8.45. The molecule has 9 nitrogen and oxygen atoms in total. The second-order valence-corrected chi connectivity index (χ2v) is 8.13. The van der Waals surface area contributed by atoms with Gasteiger partial charge in [-0.1, -0.05) is 36.9 Å².